The number of nitrogens with one attached hydrogen (secondary N) is 2. The van der Waals surface area contributed by atoms with Gasteiger partial charge in [0.1, 0.15) is 12.1 Å². The molecule has 4 N–H and O–H groups in total. The van der Waals surface area contributed by atoms with E-state index in [4.69, 9.17) is 5.73 Å². The first kappa shape index (κ1) is 17.4. The monoisotopic (exact) mass is 298 g/mol. The summed E-state index contributed by atoms with van der Waals surface area (Å²) in [5, 5.41) is 5.72. The third-order valence-corrected chi connectivity index (χ3v) is 3.79. The van der Waals surface area contributed by atoms with Gasteiger partial charge in [-0.25, -0.2) is 0 Å². The molecule has 21 heavy (non-hydrogen) atoms. The van der Waals surface area contributed by atoms with E-state index in [1.807, 2.05) is 7.05 Å². The molecule has 2 atom stereocenters. The van der Waals surface area contributed by atoms with Crippen molar-refractivity contribution in [2.24, 2.45) is 5.73 Å². The maximum Gasteiger partial charge on any atom is 0.243 e. The number of primary amides is 1. The van der Waals surface area contributed by atoms with Crippen molar-refractivity contribution < 1.29 is 14.4 Å². The highest BCUT2D eigenvalue weighted by atomic mass is 16.2. The molecule has 1 heterocycles. The van der Waals surface area contributed by atoms with Crippen LogP contribution in [0.15, 0.2) is 0 Å². The van der Waals surface area contributed by atoms with Gasteiger partial charge in [0.2, 0.25) is 17.7 Å². The Morgan fingerprint density at radius 2 is 2.05 bits per heavy atom. The molecule has 0 aromatic heterocycles. The lowest BCUT2D eigenvalue weighted by atomic mass is 10.1. The fourth-order valence-electron chi connectivity index (χ4n) is 2.62. The summed E-state index contributed by atoms with van der Waals surface area (Å²) < 4.78 is 0. The van der Waals surface area contributed by atoms with Gasteiger partial charge in [-0.3, -0.25) is 14.4 Å². The summed E-state index contributed by atoms with van der Waals surface area (Å²) in [6, 6.07) is -1.13. The molecule has 1 aliphatic heterocycles. The molecule has 7 heteroatoms. The summed E-state index contributed by atoms with van der Waals surface area (Å²) >= 11 is 0. The van der Waals surface area contributed by atoms with Crippen molar-refractivity contribution in [2.45, 2.75) is 51.1 Å². The lowest BCUT2D eigenvalue weighted by Crippen LogP contribution is -2.52. The number of amides is 3. The highest BCUT2D eigenvalue weighted by molar-refractivity contribution is 5.91. The molecule has 120 valence electrons. The molecular weight excluding hydrogens is 272 g/mol. The lowest BCUT2D eigenvalue weighted by Gasteiger charge is -2.24. The zero-order chi connectivity index (χ0) is 15.8. The topological polar surface area (TPSA) is 105 Å². The average molecular weight is 298 g/mol. The molecule has 1 aliphatic rings. The van der Waals surface area contributed by atoms with Gasteiger partial charge in [-0.05, 0) is 45.7 Å². The fraction of sp³-hybridized carbons (Fsp3) is 0.786. The van der Waals surface area contributed by atoms with Crippen molar-refractivity contribution in [3.8, 4) is 0 Å². The maximum atomic E-state index is 12.2. The molecule has 2 unspecified atom stereocenters. The van der Waals surface area contributed by atoms with Gasteiger partial charge in [-0.15, -0.1) is 0 Å². The molecule has 1 rings (SSSR count). The number of rotatable bonds is 8. The standard InChI is InChI=1S/C14H26N4O3/c1-10(19)18-9-5-7-12(18)14(21)17-11(13(15)20)6-3-4-8-16-2/h11-12,16H,3-9H2,1-2H3,(H2,15,20)(H,17,21). The minimum Gasteiger partial charge on any atom is -0.368 e. The molecule has 7 nitrogen and oxygen atoms in total. The summed E-state index contributed by atoms with van der Waals surface area (Å²) in [5.74, 6) is -0.919. The first-order chi connectivity index (χ1) is 9.97. The van der Waals surface area contributed by atoms with Crippen LogP contribution in [-0.2, 0) is 14.4 Å². The SMILES string of the molecule is CNCCCCC(NC(=O)C1CCCN1C(C)=O)C(N)=O. The summed E-state index contributed by atoms with van der Waals surface area (Å²) in [4.78, 5) is 36.7. The predicted molar refractivity (Wildman–Crippen MR) is 79.3 cm³/mol. The quantitative estimate of drug-likeness (QED) is 0.518. The Morgan fingerprint density at radius 1 is 1.33 bits per heavy atom. The minimum absolute atomic E-state index is 0.114. The number of unbranched alkanes of at least 4 members (excludes halogenated alkanes) is 1. The van der Waals surface area contributed by atoms with Crippen molar-refractivity contribution in [3.05, 3.63) is 0 Å². The van der Waals surface area contributed by atoms with E-state index in [-0.39, 0.29) is 11.8 Å². The molecule has 0 bridgehead atoms. The van der Waals surface area contributed by atoms with E-state index in [0.717, 1.165) is 25.8 Å². The van der Waals surface area contributed by atoms with Crippen LogP contribution in [0.4, 0.5) is 0 Å². The summed E-state index contributed by atoms with van der Waals surface area (Å²) in [6.07, 6.45) is 3.68. The number of hydrogen-bond donors (Lipinski definition) is 3. The predicted octanol–water partition coefficient (Wildman–Crippen LogP) is -0.643. The van der Waals surface area contributed by atoms with Crippen LogP contribution < -0.4 is 16.4 Å². The normalized spacial score (nSPS) is 19.3. The zero-order valence-corrected chi connectivity index (χ0v) is 12.9. The number of carbonyl (C=O) groups excluding carboxylic acids is 3. The Balaban J connectivity index is 2.52. The van der Waals surface area contributed by atoms with Gasteiger partial charge < -0.3 is 21.3 Å². The molecule has 0 radical (unpaired) electrons. The number of carbonyl (C=O) groups is 3. The molecule has 1 saturated heterocycles. The highest BCUT2D eigenvalue weighted by Crippen LogP contribution is 2.17. The fourth-order valence-corrected chi connectivity index (χ4v) is 2.62. The van der Waals surface area contributed by atoms with Crippen molar-refractivity contribution in [1.29, 1.82) is 0 Å². The minimum atomic E-state index is -0.663. The van der Waals surface area contributed by atoms with Crippen LogP contribution in [0.3, 0.4) is 0 Å². The second-order valence-corrected chi connectivity index (χ2v) is 5.43. The van der Waals surface area contributed by atoms with Crippen molar-refractivity contribution in [1.82, 2.24) is 15.5 Å². The van der Waals surface area contributed by atoms with Crippen molar-refractivity contribution >= 4 is 17.7 Å². The van der Waals surface area contributed by atoms with Gasteiger partial charge in [0.05, 0.1) is 0 Å². The number of likely N-dealkylation sites (tertiary alicyclic amines) is 1. The second kappa shape index (κ2) is 8.61. The largest absolute Gasteiger partial charge is 0.368 e. The highest BCUT2D eigenvalue weighted by Gasteiger charge is 2.33. The first-order valence-electron chi connectivity index (χ1n) is 7.49. The molecule has 3 amide bonds. The Morgan fingerprint density at radius 3 is 2.62 bits per heavy atom. The van der Waals surface area contributed by atoms with E-state index < -0.39 is 18.0 Å². The van der Waals surface area contributed by atoms with E-state index in [9.17, 15) is 14.4 Å². The van der Waals surface area contributed by atoms with Gasteiger partial charge in [-0.1, -0.05) is 0 Å². The summed E-state index contributed by atoms with van der Waals surface area (Å²) in [7, 11) is 1.86. The van der Waals surface area contributed by atoms with Gasteiger partial charge in [0.25, 0.3) is 0 Å². The Kier molecular flexibility index (Phi) is 7.14. The maximum absolute atomic E-state index is 12.2. The van der Waals surface area contributed by atoms with Gasteiger partial charge in [0, 0.05) is 13.5 Å². The first-order valence-corrected chi connectivity index (χ1v) is 7.49. The summed E-state index contributed by atoms with van der Waals surface area (Å²) in [5.41, 5.74) is 5.34. The van der Waals surface area contributed by atoms with Gasteiger partial charge >= 0.3 is 0 Å². The molecular formula is C14H26N4O3. The van der Waals surface area contributed by atoms with E-state index in [2.05, 4.69) is 10.6 Å². The molecule has 0 spiro atoms. The molecule has 0 saturated carbocycles. The van der Waals surface area contributed by atoms with Crippen LogP contribution >= 0.6 is 0 Å². The molecule has 1 fully saturated rings. The van der Waals surface area contributed by atoms with Crippen LogP contribution in [0.2, 0.25) is 0 Å². The Bertz CT molecular complexity index is 386. The van der Waals surface area contributed by atoms with Crippen LogP contribution in [0.1, 0.15) is 39.0 Å². The number of hydrogen-bond acceptors (Lipinski definition) is 4. The number of nitrogens with zero attached hydrogens (tertiary/aromatic N) is 1. The summed E-state index contributed by atoms with van der Waals surface area (Å²) in [6.45, 7) is 2.91. The van der Waals surface area contributed by atoms with Crippen LogP contribution in [0.5, 0.6) is 0 Å². The number of nitrogens with two attached hydrogens (primary N) is 1. The Labute approximate surface area is 125 Å². The molecule has 0 aromatic rings. The van der Waals surface area contributed by atoms with E-state index in [0.29, 0.717) is 19.4 Å². The van der Waals surface area contributed by atoms with E-state index in [1.165, 1.54) is 6.92 Å². The Hall–Kier alpha value is -1.63. The van der Waals surface area contributed by atoms with Crippen molar-refractivity contribution in [3.63, 3.8) is 0 Å². The zero-order valence-electron chi connectivity index (χ0n) is 12.9. The second-order valence-electron chi connectivity index (χ2n) is 5.43. The van der Waals surface area contributed by atoms with Gasteiger partial charge in [-0.2, -0.15) is 0 Å². The molecule has 0 aliphatic carbocycles. The van der Waals surface area contributed by atoms with Gasteiger partial charge in [0.15, 0.2) is 0 Å². The van der Waals surface area contributed by atoms with Crippen LogP contribution in [0.25, 0.3) is 0 Å². The smallest absolute Gasteiger partial charge is 0.243 e. The average Bonchev–Trinajstić information content (AvgIpc) is 2.91. The third kappa shape index (κ3) is 5.34. The van der Waals surface area contributed by atoms with E-state index in [1.54, 1.807) is 4.90 Å². The van der Waals surface area contributed by atoms with Crippen LogP contribution in [-0.4, -0.2) is 54.8 Å². The van der Waals surface area contributed by atoms with E-state index >= 15 is 0 Å². The van der Waals surface area contributed by atoms with Crippen LogP contribution in [0, 0.1) is 0 Å². The third-order valence-electron chi connectivity index (χ3n) is 3.79. The van der Waals surface area contributed by atoms with Crippen molar-refractivity contribution in [2.75, 3.05) is 20.1 Å². The lowest BCUT2D eigenvalue weighted by molar-refractivity contribution is -0.138. The molecule has 0 aromatic carbocycles.